The fourth-order valence-corrected chi connectivity index (χ4v) is 7.02. The molecule has 1 aliphatic carbocycles. The number of carbonyl (C=O) groups excluding carboxylic acids is 2. The molecule has 0 spiro atoms. The van der Waals surface area contributed by atoms with Crippen LogP contribution in [0, 0.1) is 5.92 Å². The molecular weight excluding hydrogens is 442 g/mol. The van der Waals surface area contributed by atoms with E-state index in [1.54, 1.807) is 31.4 Å². The molecule has 2 unspecified atom stereocenters. The summed E-state index contributed by atoms with van der Waals surface area (Å²) in [5.74, 6) is -0.869. The maximum atomic E-state index is 13.2. The first-order valence-corrected chi connectivity index (χ1v) is 13.9. The number of methoxy groups -OCH3 is 1. The summed E-state index contributed by atoms with van der Waals surface area (Å²) in [6, 6.07) is 7.20. The zero-order valence-electron chi connectivity index (χ0n) is 20.4. The summed E-state index contributed by atoms with van der Waals surface area (Å²) in [6.45, 7) is 7.62. The lowest BCUT2D eigenvalue weighted by molar-refractivity contribution is -0.134. The number of carbonyl (C=O) groups is 2. The lowest BCUT2D eigenvalue weighted by Crippen LogP contribution is -2.54. The van der Waals surface area contributed by atoms with Crippen molar-refractivity contribution in [1.82, 2.24) is 5.32 Å². The molecule has 1 saturated carbocycles. The minimum absolute atomic E-state index is 0.269. The quantitative estimate of drug-likeness (QED) is 0.239. The Kier molecular flexibility index (Phi) is 11.0. The van der Waals surface area contributed by atoms with Crippen molar-refractivity contribution in [2.75, 3.05) is 33.5 Å². The van der Waals surface area contributed by atoms with E-state index in [1.165, 1.54) is 0 Å². The number of aliphatic hydroxyl groups is 1. The number of hydrogen-bond acceptors (Lipinski definition) is 7. The van der Waals surface area contributed by atoms with E-state index in [1.807, 2.05) is 20.8 Å². The number of amides is 1. The van der Waals surface area contributed by atoms with Crippen molar-refractivity contribution < 1.29 is 32.7 Å². The Balaban J connectivity index is 2.01. The Labute approximate surface area is 198 Å². The molecule has 2 rings (SSSR count). The summed E-state index contributed by atoms with van der Waals surface area (Å²) >= 11 is 0. The molecule has 1 aromatic carbocycles. The van der Waals surface area contributed by atoms with E-state index >= 15 is 0 Å². The van der Waals surface area contributed by atoms with Crippen molar-refractivity contribution in [3.05, 3.63) is 29.8 Å². The maximum Gasteiger partial charge on any atom is 0.500 e. The molecular formula is C24H39NO7Si. The van der Waals surface area contributed by atoms with Crippen LogP contribution in [0.2, 0.25) is 6.04 Å². The van der Waals surface area contributed by atoms with Crippen LogP contribution in [0.25, 0.3) is 0 Å². The van der Waals surface area contributed by atoms with Gasteiger partial charge in [-0.1, -0.05) is 12.8 Å². The van der Waals surface area contributed by atoms with Crippen molar-refractivity contribution in [2.24, 2.45) is 5.92 Å². The number of rotatable bonds is 14. The molecule has 2 N–H and O–H groups in total. The second kappa shape index (κ2) is 13.2. The van der Waals surface area contributed by atoms with Gasteiger partial charge in [0.15, 0.2) is 5.78 Å². The summed E-state index contributed by atoms with van der Waals surface area (Å²) in [7, 11) is -1.22. The van der Waals surface area contributed by atoms with Crippen LogP contribution >= 0.6 is 0 Å². The Morgan fingerprint density at radius 2 is 1.67 bits per heavy atom. The monoisotopic (exact) mass is 481 g/mol. The first-order valence-electron chi connectivity index (χ1n) is 12.0. The van der Waals surface area contributed by atoms with Crippen LogP contribution in [0.4, 0.5) is 0 Å². The van der Waals surface area contributed by atoms with Crippen LogP contribution in [0.5, 0.6) is 5.75 Å². The van der Waals surface area contributed by atoms with Gasteiger partial charge in [-0.05, 0) is 64.3 Å². The van der Waals surface area contributed by atoms with Gasteiger partial charge in [0.1, 0.15) is 11.4 Å². The largest absolute Gasteiger partial charge is 0.500 e. The van der Waals surface area contributed by atoms with Crippen molar-refractivity contribution in [3.63, 3.8) is 0 Å². The summed E-state index contributed by atoms with van der Waals surface area (Å²) in [4.78, 5) is 26.2. The third-order valence-corrected chi connectivity index (χ3v) is 9.14. The highest BCUT2D eigenvalue weighted by atomic mass is 28.4. The molecule has 8 nitrogen and oxygen atoms in total. The van der Waals surface area contributed by atoms with Crippen molar-refractivity contribution in [1.29, 1.82) is 0 Å². The Bertz CT molecular complexity index is 741. The van der Waals surface area contributed by atoms with Gasteiger partial charge in [0.2, 0.25) is 5.91 Å². The van der Waals surface area contributed by atoms with Crippen molar-refractivity contribution in [2.45, 2.75) is 64.5 Å². The molecule has 0 aromatic heterocycles. The van der Waals surface area contributed by atoms with Gasteiger partial charge < -0.3 is 28.4 Å². The fourth-order valence-electron chi connectivity index (χ4n) is 4.41. The van der Waals surface area contributed by atoms with E-state index in [0.717, 1.165) is 6.42 Å². The van der Waals surface area contributed by atoms with Crippen LogP contribution < -0.4 is 10.1 Å². The first-order chi connectivity index (χ1) is 15.9. The lowest BCUT2D eigenvalue weighted by Gasteiger charge is -2.37. The van der Waals surface area contributed by atoms with Gasteiger partial charge in [-0.2, -0.15) is 0 Å². The third kappa shape index (κ3) is 7.10. The molecule has 2 atom stereocenters. The predicted molar refractivity (Wildman–Crippen MR) is 127 cm³/mol. The van der Waals surface area contributed by atoms with E-state index in [0.29, 0.717) is 63.0 Å². The zero-order valence-corrected chi connectivity index (χ0v) is 21.4. The average molecular weight is 482 g/mol. The second-order valence-electron chi connectivity index (χ2n) is 8.16. The van der Waals surface area contributed by atoms with Gasteiger partial charge in [0, 0.05) is 38.0 Å². The van der Waals surface area contributed by atoms with Crippen LogP contribution in [0.15, 0.2) is 24.3 Å². The molecule has 9 heteroatoms. The Morgan fingerprint density at radius 1 is 1.06 bits per heavy atom. The molecule has 0 aliphatic heterocycles. The lowest BCUT2D eigenvalue weighted by atomic mass is 9.71. The summed E-state index contributed by atoms with van der Waals surface area (Å²) in [6.07, 6.45) is 2.86. The summed E-state index contributed by atoms with van der Waals surface area (Å²) in [5.41, 5.74) is -1.34. The molecule has 0 bridgehead atoms. The van der Waals surface area contributed by atoms with E-state index in [-0.39, 0.29) is 12.3 Å². The van der Waals surface area contributed by atoms with Gasteiger partial charge in [-0.3, -0.25) is 9.59 Å². The van der Waals surface area contributed by atoms with E-state index in [2.05, 4.69) is 5.32 Å². The van der Waals surface area contributed by atoms with Gasteiger partial charge in [-0.25, -0.2) is 0 Å². The molecule has 33 heavy (non-hydrogen) atoms. The maximum absolute atomic E-state index is 13.2. The minimum Gasteiger partial charge on any atom is -0.497 e. The normalized spacial score (nSPS) is 20.9. The fraction of sp³-hybridized carbons (Fsp3) is 0.667. The number of ketones is 1. The van der Waals surface area contributed by atoms with E-state index in [9.17, 15) is 14.7 Å². The molecule has 186 valence electrons. The van der Waals surface area contributed by atoms with Crippen LogP contribution in [-0.4, -0.2) is 64.7 Å². The third-order valence-electron chi connectivity index (χ3n) is 5.99. The first kappa shape index (κ1) is 27.5. The van der Waals surface area contributed by atoms with E-state index in [4.69, 9.17) is 18.0 Å². The molecule has 1 aliphatic rings. The number of ether oxygens (including phenoxy) is 1. The number of benzene rings is 1. The van der Waals surface area contributed by atoms with Gasteiger partial charge in [0.25, 0.3) is 0 Å². The Hall–Kier alpha value is -1.78. The Morgan fingerprint density at radius 3 is 2.21 bits per heavy atom. The predicted octanol–water partition coefficient (Wildman–Crippen LogP) is 3.35. The molecule has 1 fully saturated rings. The molecule has 0 radical (unpaired) electrons. The highest BCUT2D eigenvalue weighted by molar-refractivity contribution is 6.60. The molecule has 1 aromatic rings. The van der Waals surface area contributed by atoms with Crippen molar-refractivity contribution in [3.8, 4) is 5.75 Å². The topological polar surface area (TPSA) is 103 Å². The number of Topliss-reactive ketones (excluding diaryl/α,β-unsaturated/α-hetero) is 1. The minimum atomic E-state index is -2.77. The molecule has 0 saturated heterocycles. The summed E-state index contributed by atoms with van der Waals surface area (Å²) in [5, 5.41) is 14.3. The van der Waals surface area contributed by atoms with Gasteiger partial charge in [-0.15, -0.1) is 0 Å². The zero-order chi connectivity index (χ0) is 24.3. The van der Waals surface area contributed by atoms with E-state index < -0.39 is 26.1 Å². The van der Waals surface area contributed by atoms with Gasteiger partial charge >= 0.3 is 8.80 Å². The van der Waals surface area contributed by atoms with Crippen LogP contribution in [-0.2, 0) is 18.1 Å². The van der Waals surface area contributed by atoms with Crippen LogP contribution in [0.1, 0.15) is 63.2 Å². The van der Waals surface area contributed by atoms with Crippen LogP contribution in [0.3, 0.4) is 0 Å². The molecule has 0 heterocycles. The second-order valence-corrected chi connectivity index (χ2v) is 10.9. The molecule has 1 amide bonds. The highest BCUT2D eigenvalue weighted by Gasteiger charge is 2.49. The summed E-state index contributed by atoms with van der Waals surface area (Å²) < 4.78 is 22.7. The average Bonchev–Trinajstić information content (AvgIpc) is 2.82. The standard InChI is InChI=1S/C24H39NO7Si/c1-5-30-33(31-6-2,32-7-3)18-10-17-25-23(27)21-11-8-9-16-24(21,28)22(26)19-12-14-20(29-4)15-13-19/h12-15,21,28H,5-11,16-18H2,1-4H3,(H,25,27). The van der Waals surface area contributed by atoms with Gasteiger partial charge in [0.05, 0.1) is 13.0 Å². The smallest absolute Gasteiger partial charge is 0.497 e. The van der Waals surface area contributed by atoms with Crippen molar-refractivity contribution >= 4 is 20.5 Å². The highest BCUT2D eigenvalue weighted by Crippen LogP contribution is 2.37. The number of nitrogens with one attached hydrogen (secondary N) is 1. The SMILES string of the molecule is CCO[Si](CCCNC(=O)C1CCCCC1(O)C(=O)c1ccc(OC)cc1)(OCC)OCC. The number of hydrogen-bond donors (Lipinski definition) is 2.